The van der Waals surface area contributed by atoms with Gasteiger partial charge in [0.2, 0.25) is 5.91 Å². The van der Waals surface area contributed by atoms with Crippen LogP contribution in [0.15, 0.2) is 12.4 Å². The zero-order valence-corrected chi connectivity index (χ0v) is 12.3. The molecular weight excluding hydrogens is 256 g/mol. The van der Waals surface area contributed by atoms with E-state index in [1.807, 2.05) is 11.1 Å². The number of nitrogens with zero attached hydrogens (tertiary/aromatic N) is 3. The molecule has 1 aromatic heterocycles. The summed E-state index contributed by atoms with van der Waals surface area (Å²) in [5, 5.41) is 0. The molecule has 0 spiro atoms. The zero-order chi connectivity index (χ0) is 14.4. The third kappa shape index (κ3) is 3.58. The fraction of sp³-hybridized carbons (Fsp3) is 0.714. The number of hydrogen-bond acceptors (Lipinski definition) is 4. The highest BCUT2D eigenvalue weighted by molar-refractivity contribution is 5.76. The van der Waals surface area contributed by atoms with Crippen molar-refractivity contribution < 1.29 is 9.53 Å². The number of carbonyl (C=O) groups excluding carboxylic acids is 1. The Kier molecular flexibility index (Phi) is 5.55. The molecule has 1 saturated heterocycles. The zero-order valence-electron chi connectivity index (χ0n) is 12.3. The summed E-state index contributed by atoms with van der Waals surface area (Å²) in [4.78, 5) is 24.0. The Morgan fingerprint density at radius 3 is 3.05 bits per heavy atom. The summed E-state index contributed by atoms with van der Waals surface area (Å²) >= 11 is 0. The molecule has 1 aromatic rings. The van der Waals surface area contributed by atoms with Gasteiger partial charge in [0.05, 0.1) is 6.04 Å². The minimum Gasteiger partial charge on any atom is -0.385 e. The van der Waals surface area contributed by atoms with Crippen LogP contribution in [-0.4, -0.2) is 65.6 Å². The summed E-state index contributed by atoms with van der Waals surface area (Å²) in [7, 11) is 1.66. The van der Waals surface area contributed by atoms with E-state index in [0.717, 1.165) is 31.9 Å². The van der Waals surface area contributed by atoms with Crippen LogP contribution in [-0.2, 0) is 9.53 Å². The number of nitrogens with one attached hydrogen (secondary N) is 1. The molecule has 1 N–H and O–H groups in total. The number of piperazine rings is 1. The molecule has 0 bridgehead atoms. The average Bonchev–Trinajstić information content (AvgIpc) is 3.00. The molecule has 1 aliphatic rings. The number of carbonyl (C=O) groups is 1. The second-order valence-corrected chi connectivity index (χ2v) is 5.05. The van der Waals surface area contributed by atoms with Crippen molar-refractivity contribution in [2.45, 2.75) is 25.8 Å². The number of likely N-dealkylation sites (N-methyl/N-ethyl adjacent to an activating group) is 1. The molecule has 6 nitrogen and oxygen atoms in total. The summed E-state index contributed by atoms with van der Waals surface area (Å²) in [6.45, 7) is 6.17. The molecule has 1 aliphatic heterocycles. The van der Waals surface area contributed by atoms with Gasteiger partial charge in [0, 0.05) is 52.2 Å². The van der Waals surface area contributed by atoms with E-state index < -0.39 is 0 Å². The van der Waals surface area contributed by atoms with E-state index in [1.54, 1.807) is 13.3 Å². The van der Waals surface area contributed by atoms with Crippen molar-refractivity contribution in [2.24, 2.45) is 0 Å². The van der Waals surface area contributed by atoms with Crippen LogP contribution in [0.5, 0.6) is 0 Å². The van der Waals surface area contributed by atoms with Gasteiger partial charge in [0.25, 0.3) is 0 Å². The SMILES string of the molecule is CCN1CCN(C(=O)CCCOC)C[C@@H]1c1ncc[nH]1. The maximum Gasteiger partial charge on any atom is 0.222 e. The van der Waals surface area contributed by atoms with Gasteiger partial charge in [0.15, 0.2) is 0 Å². The number of methoxy groups -OCH3 is 1. The highest BCUT2D eigenvalue weighted by Gasteiger charge is 2.30. The minimum atomic E-state index is 0.176. The summed E-state index contributed by atoms with van der Waals surface area (Å²) in [5.74, 6) is 1.16. The van der Waals surface area contributed by atoms with Gasteiger partial charge in [-0.15, -0.1) is 0 Å². The number of aromatic amines is 1. The van der Waals surface area contributed by atoms with Crippen molar-refractivity contribution in [2.75, 3.05) is 39.9 Å². The summed E-state index contributed by atoms with van der Waals surface area (Å²) in [5.41, 5.74) is 0. The van der Waals surface area contributed by atoms with Gasteiger partial charge in [-0.2, -0.15) is 0 Å². The number of hydrogen-bond donors (Lipinski definition) is 1. The number of H-pyrrole nitrogens is 1. The summed E-state index contributed by atoms with van der Waals surface area (Å²) < 4.78 is 5.00. The van der Waals surface area contributed by atoms with E-state index >= 15 is 0 Å². The predicted octanol–water partition coefficient (Wildman–Crippen LogP) is 1.04. The van der Waals surface area contributed by atoms with Gasteiger partial charge < -0.3 is 14.6 Å². The highest BCUT2D eigenvalue weighted by Crippen LogP contribution is 2.22. The number of ether oxygens (including phenoxy) is 1. The lowest BCUT2D eigenvalue weighted by Crippen LogP contribution is -2.50. The van der Waals surface area contributed by atoms with E-state index in [-0.39, 0.29) is 11.9 Å². The van der Waals surface area contributed by atoms with Crippen LogP contribution in [0.25, 0.3) is 0 Å². The van der Waals surface area contributed by atoms with Gasteiger partial charge in [-0.1, -0.05) is 6.92 Å². The predicted molar refractivity (Wildman–Crippen MR) is 76.3 cm³/mol. The Bertz CT molecular complexity index is 407. The molecule has 0 unspecified atom stereocenters. The fourth-order valence-electron chi connectivity index (χ4n) is 2.67. The van der Waals surface area contributed by atoms with Gasteiger partial charge in [-0.25, -0.2) is 4.98 Å². The van der Waals surface area contributed by atoms with Gasteiger partial charge in [-0.3, -0.25) is 9.69 Å². The molecule has 1 amide bonds. The average molecular weight is 280 g/mol. The first-order valence-corrected chi connectivity index (χ1v) is 7.26. The first-order valence-electron chi connectivity index (χ1n) is 7.26. The number of imidazole rings is 1. The van der Waals surface area contributed by atoms with Crippen LogP contribution in [0.4, 0.5) is 0 Å². The minimum absolute atomic E-state index is 0.176. The Morgan fingerprint density at radius 2 is 2.40 bits per heavy atom. The van der Waals surface area contributed by atoms with E-state index in [1.165, 1.54) is 0 Å². The monoisotopic (exact) mass is 280 g/mol. The highest BCUT2D eigenvalue weighted by atomic mass is 16.5. The molecular formula is C14H24N4O2. The third-order valence-corrected chi connectivity index (χ3v) is 3.82. The van der Waals surface area contributed by atoms with Crippen molar-refractivity contribution in [3.05, 3.63) is 18.2 Å². The first kappa shape index (κ1) is 15.0. The smallest absolute Gasteiger partial charge is 0.222 e. The van der Waals surface area contributed by atoms with E-state index in [2.05, 4.69) is 21.8 Å². The van der Waals surface area contributed by atoms with Crippen molar-refractivity contribution >= 4 is 5.91 Å². The van der Waals surface area contributed by atoms with Gasteiger partial charge >= 0.3 is 0 Å². The van der Waals surface area contributed by atoms with Crippen LogP contribution in [0.1, 0.15) is 31.6 Å². The van der Waals surface area contributed by atoms with Gasteiger partial charge in [-0.05, 0) is 13.0 Å². The molecule has 0 saturated carbocycles. The van der Waals surface area contributed by atoms with Crippen molar-refractivity contribution in [3.8, 4) is 0 Å². The van der Waals surface area contributed by atoms with Crippen LogP contribution < -0.4 is 0 Å². The number of aromatic nitrogens is 2. The third-order valence-electron chi connectivity index (χ3n) is 3.82. The summed E-state index contributed by atoms with van der Waals surface area (Å²) in [6, 6.07) is 0.176. The second-order valence-electron chi connectivity index (χ2n) is 5.05. The maximum absolute atomic E-state index is 12.2. The Hall–Kier alpha value is -1.40. The molecule has 0 aromatic carbocycles. The molecule has 20 heavy (non-hydrogen) atoms. The van der Waals surface area contributed by atoms with Crippen molar-refractivity contribution in [1.29, 1.82) is 0 Å². The molecule has 0 radical (unpaired) electrons. The number of rotatable bonds is 6. The quantitative estimate of drug-likeness (QED) is 0.791. The standard InChI is InChI=1S/C14H24N4O2/c1-3-17-8-9-18(13(19)5-4-10-20-2)11-12(17)14-15-6-7-16-14/h6-7,12H,3-5,8-11H2,1-2H3,(H,15,16)/t12-/m1/s1. The summed E-state index contributed by atoms with van der Waals surface area (Å²) in [6.07, 6.45) is 4.95. The van der Waals surface area contributed by atoms with Crippen LogP contribution in [0, 0.1) is 0 Å². The van der Waals surface area contributed by atoms with Gasteiger partial charge in [0.1, 0.15) is 5.82 Å². The lowest BCUT2D eigenvalue weighted by atomic mass is 10.1. The molecule has 6 heteroatoms. The fourth-order valence-corrected chi connectivity index (χ4v) is 2.67. The lowest BCUT2D eigenvalue weighted by Gasteiger charge is -2.40. The van der Waals surface area contributed by atoms with E-state index in [9.17, 15) is 4.79 Å². The Balaban J connectivity index is 1.95. The number of amides is 1. The Morgan fingerprint density at radius 1 is 1.55 bits per heavy atom. The molecule has 2 heterocycles. The van der Waals surface area contributed by atoms with Crippen LogP contribution >= 0.6 is 0 Å². The molecule has 112 valence electrons. The largest absolute Gasteiger partial charge is 0.385 e. The first-order chi connectivity index (χ1) is 9.76. The lowest BCUT2D eigenvalue weighted by molar-refractivity contribution is -0.134. The Labute approximate surface area is 120 Å². The molecule has 1 fully saturated rings. The second kappa shape index (κ2) is 7.40. The topological polar surface area (TPSA) is 61.5 Å². The van der Waals surface area contributed by atoms with Crippen LogP contribution in [0.2, 0.25) is 0 Å². The maximum atomic E-state index is 12.2. The molecule has 1 atom stereocenters. The van der Waals surface area contributed by atoms with E-state index in [4.69, 9.17) is 4.74 Å². The molecule has 2 rings (SSSR count). The van der Waals surface area contributed by atoms with Crippen LogP contribution in [0.3, 0.4) is 0 Å². The van der Waals surface area contributed by atoms with Crippen molar-refractivity contribution in [3.63, 3.8) is 0 Å². The molecule has 0 aliphatic carbocycles. The normalized spacial score (nSPS) is 20.3. The van der Waals surface area contributed by atoms with E-state index in [0.29, 0.717) is 19.6 Å². The van der Waals surface area contributed by atoms with Crippen molar-refractivity contribution in [1.82, 2.24) is 19.8 Å².